The maximum absolute atomic E-state index is 13.5. The maximum Gasteiger partial charge on any atom is 0.256 e. The first-order chi connectivity index (χ1) is 16.0. The van der Waals surface area contributed by atoms with Crippen molar-refractivity contribution in [2.75, 3.05) is 17.7 Å². The third kappa shape index (κ3) is 3.87. The van der Waals surface area contributed by atoms with Gasteiger partial charge in [-0.25, -0.2) is 9.07 Å². The molecule has 7 nitrogen and oxygen atoms in total. The second kappa shape index (κ2) is 8.51. The fourth-order valence-corrected chi connectivity index (χ4v) is 4.63. The number of amides is 1. The summed E-state index contributed by atoms with van der Waals surface area (Å²) in [6, 6.07) is 16.7. The molecule has 0 radical (unpaired) electrons. The number of carbonyl (C=O) groups is 1. The van der Waals surface area contributed by atoms with Crippen LogP contribution in [-0.2, 0) is 4.79 Å². The standard InChI is InChI=1S/C24H20FN5O2S/c1-14-20(23(31)27-17-6-3-4-7-18(17)32-2)21(19-8-5-13-33-19)30-24(26-14)28-22(29-30)15-9-11-16(25)12-10-15/h3-13,21H,1-2H3,(H,27,31)(H,26,28,29). The Morgan fingerprint density at radius 3 is 2.67 bits per heavy atom. The molecule has 2 aromatic carbocycles. The molecule has 166 valence electrons. The molecule has 0 saturated carbocycles. The molecule has 5 rings (SSSR count). The summed E-state index contributed by atoms with van der Waals surface area (Å²) < 4.78 is 20.5. The van der Waals surface area contributed by atoms with Crippen molar-refractivity contribution < 1.29 is 13.9 Å². The SMILES string of the molecule is COc1ccccc1NC(=O)C1=C(C)Nc2nc(-c3ccc(F)cc3)nn2C1c1cccs1. The number of halogens is 1. The van der Waals surface area contributed by atoms with Gasteiger partial charge in [-0.15, -0.1) is 16.4 Å². The zero-order chi connectivity index (χ0) is 22.9. The van der Waals surface area contributed by atoms with Gasteiger partial charge < -0.3 is 15.4 Å². The first-order valence-corrected chi connectivity index (χ1v) is 11.1. The summed E-state index contributed by atoms with van der Waals surface area (Å²) in [6.45, 7) is 1.84. The van der Waals surface area contributed by atoms with Gasteiger partial charge >= 0.3 is 0 Å². The van der Waals surface area contributed by atoms with Crippen molar-refractivity contribution in [1.29, 1.82) is 0 Å². The van der Waals surface area contributed by atoms with Crippen LogP contribution in [-0.4, -0.2) is 27.8 Å². The number of carbonyl (C=O) groups excluding carboxylic acids is 1. The molecule has 1 aliphatic rings. The van der Waals surface area contributed by atoms with Crippen LogP contribution in [0.25, 0.3) is 11.4 Å². The number of benzene rings is 2. The lowest BCUT2D eigenvalue weighted by atomic mass is 10.0. The monoisotopic (exact) mass is 461 g/mol. The Labute approximate surface area is 193 Å². The van der Waals surface area contributed by atoms with Crippen molar-refractivity contribution in [2.24, 2.45) is 0 Å². The van der Waals surface area contributed by atoms with Crippen molar-refractivity contribution in [3.8, 4) is 17.1 Å². The van der Waals surface area contributed by atoms with Gasteiger partial charge in [-0.2, -0.15) is 4.98 Å². The second-order valence-corrected chi connectivity index (χ2v) is 8.43. The van der Waals surface area contributed by atoms with Crippen LogP contribution in [0.2, 0.25) is 0 Å². The lowest BCUT2D eigenvalue weighted by molar-refractivity contribution is -0.113. The van der Waals surface area contributed by atoms with E-state index in [4.69, 9.17) is 4.74 Å². The van der Waals surface area contributed by atoms with E-state index in [9.17, 15) is 9.18 Å². The molecule has 1 amide bonds. The van der Waals surface area contributed by atoms with Crippen LogP contribution in [0, 0.1) is 5.82 Å². The number of nitrogens with one attached hydrogen (secondary N) is 2. The number of nitrogens with zero attached hydrogens (tertiary/aromatic N) is 3. The van der Waals surface area contributed by atoms with Gasteiger partial charge in [0.2, 0.25) is 5.95 Å². The minimum absolute atomic E-state index is 0.271. The molecule has 4 aromatic rings. The van der Waals surface area contributed by atoms with Gasteiger partial charge in [-0.05, 0) is 54.8 Å². The summed E-state index contributed by atoms with van der Waals surface area (Å²) in [5.41, 5.74) is 2.45. The van der Waals surface area contributed by atoms with Crippen LogP contribution < -0.4 is 15.4 Å². The van der Waals surface area contributed by atoms with Crippen molar-refractivity contribution >= 4 is 28.9 Å². The molecular formula is C24H20FN5O2S. The van der Waals surface area contributed by atoms with E-state index in [1.54, 1.807) is 36.1 Å². The summed E-state index contributed by atoms with van der Waals surface area (Å²) in [4.78, 5) is 19.1. The van der Waals surface area contributed by atoms with Crippen LogP contribution in [0.5, 0.6) is 5.75 Å². The highest BCUT2D eigenvalue weighted by atomic mass is 32.1. The van der Waals surface area contributed by atoms with Crippen LogP contribution in [0.4, 0.5) is 16.0 Å². The third-order valence-electron chi connectivity index (χ3n) is 5.37. The molecule has 0 aliphatic carbocycles. The van der Waals surface area contributed by atoms with Gasteiger partial charge in [0.05, 0.1) is 18.4 Å². The number of aromatic nitrogens is 3. The number of hydrogen-bond donors (Lipinski definition) is 2. The highest BCUT2D eigenvalue weighted by molar-refractivity contribution is 7.10. The van der Waals surface area contributed by atoms with E-state index in [1.165, 1.54) is 23.5 Å². The van der Waals surface area contributed by atoms with Gasteiger partial charge in [0.25, 0.3) is 5.91 Å². The summed E-state index contributed by atoms with van der Waals surface area (Å²) in [5, 5.41) is 12.8. The number of methoxy groups -OCH3 is 1. The number of allylic oxidation sites excluding steroid dienone is 1. The molecule has 0 spiro atoms. The number of thiophene rings is 1. The number of hydrogen-bond acceptors (Lipinski definition) is 6. The minimum Gasteiger partial charge on any atom is -0.495 e. The highest BCUT2D eigenvalue weighted by Gasteiger charge is 2.35. The Balaban J connectivity index is 1.56. The number of fused-ring (bicyclic) bond motifs is 1. The molecule has 2 N–H and O–H groups in total. The average molecular weight is 462 g/mol. The molecule has 1 atom stereocenters. The Morgan fingerprint density at radius 2 is 1.94 bits per heavy atom. The zero-order valence-corrected chi connectivity index (χ0v) is 18.7. The topological polar surface area (TPSA) is 81.1 Å². The number of ether oxygens (including phenoxy) is 1. The van der Waals surface area contributed by atoms with Crippen molar-refractivity contribution in [1.82, 2.24) is 14.8 Å². The third-order valence-corrected chi connectivity index (χ3v) is 6.29. The molecule has 0 saturated heterocycles. The maximum atomic E-state index is 13.5. The van der Waals surface area contributed by atoms with Crippen molar-refractivity contribution in [3.05, 3.63) is 88.0 Å². The molecule has 33 heavy (non-hydrogen) atoms. The first kappa shape index (κ1) is 20.9. The summed E-state index contributed by atoms with van der Waals surface area (Å²) in [6.07, 6.45) is 0. The summed E-state index contributed by atoms with van der Waals surface area (Å²) in [5.74, 6) is 0.926. The number of para-hydroxylation sites is 2. The fraction of sp³-hybridized carbons (Fsp3) is 0.125. The molecule has 3 heterocycles. The molecule has 0 bridgehead atoms. The van der Waals surface area contributed by atoms with E-state index >= 15 is 0 Å². The normalized spacial score (nSPS) is 15.1. The van der Waals surface area contributed by atoms with E-state index in [-0.39, 0.29) is 11.7 Å². The lowest BCUT2D eigenvalue weighted by Crippen LogP contribution is -2.31. The minimum atomic E-state index is -0.474. The van der Waals surface area contributed by atoms with Crippen LogP contribution >= 0.6 is 11.3 Å². The Bertz CT molecular complexity index is 1350. The molecule has 2 aromatic heterocycles. The number of rotatable bonds is 5. The molecule has 0 fully saturated rings. The van der Waals surface area contributed by atoms with Gasteiger partial charge in [0, 0.05) is 16.1 Å². The smallest absolute Gasteiger partial charge is 0.256 e. The first-order valence-electron chi connectivity index (χ1n) is 10.2. The molecule has 9 heteroatoms. The van der Waals surface area contributed by atoms with Gasteiger partial charge in [0.1, 0.15) is 17.6 Å². The Kier molecular flexibility index (Phi) is 5.39. The van der Waals surface area contributed by atoms with E-state index in [0.29, 0.717) is 40.0 Å². The molecule has 1 unspecified atom stereocenters. The largest absolute Gasteiger partial charge is 0.495 e. The van der Waals surface area contributed by atoms with E-state index < -0.39 is 6.04 Å². The van der Waals surface area contributed by atoms with E-state index in [2.05, 4.69) is 20.7 Å². The van der Waals surface area contributed by atoms with Gasteiger partial charge in [-0.1, -0.05) is 18.2 Å². The van der Waals surface area contributed by atoms with Gasteiger partial charge in [0.15, 0.2) is 5.82 Å². The van der Waals surface area contributed by atoms with Crippen LogP contribution in [0.3, 0.4) is 0 Å². The summed E-state index contributed by atoms with van der Waals surface area (Å²) in [7, 11) is 1.56. The zero-order valence-electron chi connectivity index (χ0n) is 17.9. The summed E-state index contributed by atoms with van der Waals surface area (Å²) >= 11 is 1.53. The highest BCUT2D eigenvalue weighted by Crippen LogP contribution is 2.39. The van der Waals surface area contributed by atoms with Crippen LogP contribution in [0.15, 0.2) is 77.3 Å². The van der Waals surface area contributed by atoms with Crippen LogP contribution in [0.1, 0.15) is 17.8 Å². The lowest BCUT2D eigenvalue weighted by Gasteiger charge is -2.27. The average Bonchev–Trinajstić information content (AvgIpc) is 3.49. The quantitative estimate of drug-likeness (QED) is 0.433. The van der Waals surface area contributed by atoms with E-state index in [1.807, 2.05) is 36.6 Å². The number of anilines is 2. The van der Waals surface area contributed by atoms with Gasteiger partial charge in [-0.3, -0.25) is 4.79 Å². The fourth-order valence-electron chi connectivity index (χ4n) is 3.81. The molecular weight excluding hydrogens is 441 g/mol. The van der Waals surface area contributed by atoms with E-state index in [0.717, 1.165) is 4.88 Å². The predicted octanol–water partition coefficient (Wildman–Crippen LogP) is 5.08. The molecule has 1 aliphatic heterocycles. The Morgan fingerprint density at radius 1 is 1.15 bits per heavy atom. The Hall–Kier alpha value is -3.98. The second-order valence-electron chi connectivity index (χ2n) is 7.45. The van der Waals surface area contributed by atoms with Crippen molar-refractivity contribution in [2.45, 2.75) is 13.0 Å². The predicted molar refractivity (Wildman–Crippen MR) is 126 cm³/mol. The van der Waals surface area contributed by atoms with Crippen molar-refractivity contribution in [3.63, 3.8) is 0 Å².